The van der Waals surface area contributed by atoms with E-state index < -0.39 is 0 Å². The summed E-state index contributed by atoms with van der Waals surface area (Å²) in [6.45, 7) is 8.76. The van der Waals surface area contributed by atoms with E-state index in [1.165, 1.54) is 19.3 Å². The van der Waals surface area contributed by atoms with Crippen LogP contribution in [0, 0.1) is 22.7 Å². The van der Waals surface area contributed by atoms with E-state index in [1.54, 1.807) is 0 Å². The number of amides is 2. The average Bonchev–Trinajstić information content (AvgIpc) is 3.43. The maximum atomic E-state index is 13.8. The number of benzene rings is 1. The molecule has 1 aromatic heterocycles. The maximum absolute atomic E-state index is 13.8. The molecule has 3 saturated carbocycles. The minimum atomic E-state index is -0.0893. The molecule has 3 unspecified atom stereocenters. The fraction of sp³-hybridized carbons (Fsp3) is 0.593. The zero-order chi connectivity index (χ0) is 23.0. The Morgan fingerprint density at radius 1 is 1.06 bits per heavy atom. The summed E-state index contributed by atoms with van der Waals surface area (Å²) in [5, 5.41) is 3.43. The van der Waals surface area contributed by atoms with Crippen molar-refractivity contribution in [3.63, 3.8) is 0 Å². The van der Waals surface area contributed by atoms with Gasteiger partial charge >= 0.3 is 0 Å². The predicted molar refractivity (Wildman–Crippen MR) is 126 cm³/mol. The zero-order valence-electron chi connectivity index (χ0n) is 19.9. The molecule has 33 heavy (non-hydrogen) atoms. The molecular weight excluding hydrogens is 412 g/mol. The van der Waals surface area contributed by atoms with Crippen LogP contribution in [0.4, 0.5) is 0 Å². The molecule has 3 aliphatic carbocycles. The molecule has 3 atom stereocenters. The molecule has 0 spiro atoms. The van der Waals surface area contributed by atoms with Crippen molar-refractivity contribution in [2.75, 3.05) is 6.54 Å². The molecule has 0 saturated heterocycles. The third-order valence-corrected chi connectivity index (χ3v) is 9.04. The van der Waals surface area contributed by atoms with E-state index in [9.17, 15) is 9.59 Å². The van der Waals surface area contributed by atoms with Gasteiger partial charge in [-0.05, 0) is 48.9 Å². The highest BCUT2D eigenvalue weighted by atomic mass is 16.2. The standard InChI is InChI=1S/C27H34N4O2/c1-26(2)19-11-12-27(3,15-19)25(26)29-23(32)21-20-16-30(24(33)18-9-10-18)13-14-31(20)22(28-21)17-7-5-4-6-8-17/h4-8,18-19,25H,9-16H2,1-3H3,(H,29,32). The molecule has 2 aromatic rings. The lowest BCUT2D eigenvalue weighted by molar-refractivity contribution is -0.134. The lowest BCUT2D eigenvalue weighted by Gasteiger charge is -2.43. The Morgan fingerprint density at radius 3 is 2.48 bits per heavy atom. The van der Waals surface area contributed by atoms with Crippen molar-refractivity contribution >= 4 is 11.8 Å². The molecule has 2 heterocycles. The smallest absolute Gasteiger partial charge is 0.272 e. The summed E-state index contributed by atoms with van der Waals surface area (Å²) in [6.07, 6.45) is 5.60. The zero-order valence-corrected chi connectivity index (χ0v) is 19.9. The quantitative estimate of drug-likeness (QED) is 0.764. The average molecular weight is 447 g/mol. The summed E-state index contributed by atoms with van der Waals surface area (Å²) in [7, 11) is 0. The van der Waals surface area contributed by atoms with Gasteiger partial charge in [-0.3, -0.25) is 9.59 Å². The number of fused-ring (bicyclic) bond motifs is 3. The molecule has 0 radical (unpaired) electrons. The molecular formula is C27H34N4O2. The maximum Gasteiger partial charge on any atom is 0.272 e. The number of aromatic nitrogens is 2. The van der Waals surface area contributed by atoms with Crippen LogP contribution in [0.3, 0.4) is 0 Å². The molecule has 6 nitrogen and oxygen atoms in total. The van der Waals surface area contributed by atoms with Crippen molar-refractivity contribution in [1.29, 1.82) is 0 Å². The first-order valence-corrected chi connectivity index (χ1v) is 12.5. The number of carbonyl (C=O) groups is 2. The van der Waals surface area contributed by atoms with Crippen molar-refractivity contribution in [3.05, 3.63) is 41.7 Å². The van der Waals surface area contributed by atoms with Crippen molar-refractivity contribution in [1.82, 2.24) is 19.8 Å². The summed E-state index contributed by atoms with van der Waals surface area (Å²) >= 11 is 0. The topological polar surface area (TPSA) is 67.2 Å². The van der Waals surface area contributed by atoms with Crippen molar-refractivity contribution < 1.29 is 9.59 Å². The summed E-state index contributed by atoms with van der Waals surface area (Å²) < 4.78 is 2.16. The van der Waals surface area contributed by atoms with Crippen LogP contribution in [-0.2, 0) is 17.9 Å². The fourth-order valence-corrected chi connectivity index (χ4v) is 7.00. The Labute approximate surface area is 195 Å². The van der Waals surface area contributed by atoms with Crippen molar-refractivity contribution in [2.45, 2.75) is 72.0 Å². The van der Waals surface area contributed by atoms with Gasteiger partial charge in [-0.15, -0.1) is 0 Å². The number of imidazole rings is 1. The molecule has 6 heteroatoms. The van der Waals surface area contributed by atoms with Gasteiger partial charge in [-0.1, -0.05) is 51.1 Å². The molecule has 2 bridgehead atoms. The Balaban J connectivity index is 1.36. The second-order valence-electron chi connectivity index (χ2n) is 11.6. The summed E-state index contributed by atoms with van der Waals surface area (Å²) in [5.41, 5.74) is 2.60. The van der Waals surface area contributed by atoms with Crippen LogP contribution in [0.1, 0.15) is 69.1 Å². The van der Waals surface area contributed by atoms with Gasteiger partial charge in [0, 0.05) is 30.6 Å². The highest BCUT2D eigenvalue weighted by molar-refractivity contribution is 5.95. The van der Waals surface area contributed by atoms with E-state index in [-0.39, 0.29) is 34.6 Å². The van der Waals surface area contributed by atoms with E-state index in [0.717, 1.165) is 29.9 Å². The second kappa shape index (κ2) is 7.18. The number of hydrogen-bond acceptors (Lipinski definition) is 3. The van der Waals surface area contributed by atoms with Gasteiger partial charge in [0.2, 0.25) is 5.91 Å². The Hall–Kier alpha value is -2.63. The van der Waals surface area contributed by atoms with Crippen LogP contribution in [0.5, 0.6) is 0 Å². The van der Waals surface area contributed by atoms with Crippen LogP contribution in [0.15, 0.2) is 30.3 Å². The van der Waals surface area contributed by atoms with Gasteiger partial charge in [0.05, 0.1) is 12.2 Å². The first-order chi connectivity index (χ1) is 15.8. The molecule has 6 rings (SSSR count). The molecule has 174 valence electrons. The minimum Gasteiger partial charge on any atom is -0.347 e. The van der Waals surface area contributed by atoms with Gasteiger partial charge in [0.25, 0.3) is 5.91 Å². The molecule has 1 aliphatic heterocycles. The lowest BCUT2D eigenvalue weighted by atomic mass is 9.68. The Kier molecular flexibility index (Phi) is 4.56. The number of hydrogen-bond donors (Lipinski definition) is 1. The highest BCUT2D eigenvalue weighted by Gasteiger charge is 2.59. The second-order valence-corrected chi connectivity index (χ2v) is 11.6. The molecule has 1 aromatic carbocycles. The predicted octanol–water partition coefficient (Wildman–Crippen LogP) is 4.25. The lowest BCUT2D eigenvalue weighted by Crippen LogP contribution is -2.52. The largest absolute Gasteiger partial charge is 0.347 e. The number of rotatable bonds is 4. The third kappa shape index (κ3) is 3.24. The van der Waals surface area contributed by atoms with Crippen LogP contribution < -0.4 is 5.32 Å². The Morgan fingerprint density at radius 2 is 1.82 bits per heavy atom. The van der Waals surface area contributed by atoms with E-state index in [0.29, 0.717) is 31.2 Å². The number of nitrogens with zero attached hydrogens (tertiary/aromatic N) is 3. The molecule has 3 fully saturated rings. The summed E-state index contributed by atoms with van der Waals surface area (Å²) in [6, 6.07) is 10.2. The van der Waals surface area contributed by atoms with E-state index >= 15 is 0 Å². The van der Waals surface area contributed by atoms with Gasteiger partial charge < -0.3 is 14.8 Å². The third-order valence-electron chi connectivity index (χ3n) is 9.04. The van der Waals surface area contributed by atoms with Gasteiger partial charge in [-0.25, -0.2) is 4.98 Å². The van der Waals surface area contributed by atoms with Gasteiger partial charge in [0.1, 0.15) is 5.82 Å². The van der Waals surface area contributed by atoms with Gasteiger partial charge in [-0.2, -0.15) is 0 Å². The number of carbonyl (C=O) groups excluding carboxylic acids is 2. The SMILES string of the molecule is CC12CCC(C1)C(C)(C)C2NC(=O)c1nc(-c2ccccc2)n2c1CN(C(=O)C1CC1)CC2. The van der Waals surface area contributed by atoms with E-state index in [1.807, 2.05) is 35.2 Å². The van der Waals surface area contributed by atoms with Gasteiger partial charge in [0.15, 0.2) is 5.69 Å². The molecule has 2 amide bonds. The highest BCUT2D eigenvalue weighted by Crippen LogP contribution is 2.62. The monoisotopic (exact) mass is 446 g/mol. The van der Waals surface area contributed by atoms with Crippen molar-refractivity contribution in [2.24, 2.45) is 22.7 Å². The molecule has 4 aliphatic rings. The minimum absolute atomic E-state index is 0.0820. The summed E-state index contributed by atoms with van der Waals surface area (Å²) in [5.74, 6) is 1.81. The van der Waals surface area contributed by atoms with Crippen LogP contribution in [0.2, 0.25) is 0 Å². The first kappa shape index (κ1) is 20.9. The van der Waals surface area contributed by atoms with Crippen LogP contribution in [-0.4, -0.2) is 38.9 Å². The van der Waals surface area contributed by atoms with E-state index in [4.69, 9.17) is 4.98 Å². The normalized spacial score (nSPS) is 29.7. The van der Waals surface area contributed by atoms with E-state index in [2.05, 4.69) is 30.7 Å². The van der Waals surface area contributed by atoms with Crippen LogP contribution >= 0.6 is 0 Å². The Bertz CT molecular complexity index is 1110. The summed E-state index contributed by atoms with van der Waals surface area (Å²) in [4.78, 5) is 33.4. The number of nitrogens with one attached hydrogen (secondary N) is 1. The van der Waals surface area contributed by atoms with Crippen molar-refractivity contribution in [3.8, 4) is 11.4 Å². The fourth-order valence-electron chi connectivity index (χ4n) is 7.00. The van der Waals surface area contributed by atoms with Crippen LogP contribution in [0.25, 0.3) is 11.4 Å². The first-order valence-electron chi connectivity index (χ1n) is 12.5. The molecule has 1 N–H and O–H groups in total.